The van der Waals surface area contributed by atoms with E-state index in [1.165, 1.54) is 0 Å². The van der Waals surface area contributed by atoms with E-state index in [1.54, 1.807) is 6.20 Å². The highest BCUT2D eigenvalue weighted by molar-refractivity contribution is 5.08. The Labute approximate surface area is 111 Å². The Morgan fingerprint density at radius 3 is 2.42 bits per heavy atom. The Morgan fingerprint density at radius 2 is 1.89 bits per heavy atom. The van der Waals surface area contributed by atoms with Gasteiger partial charge in [-0.05, 0) is 44.7 Å². The monoisotopic (exact) mass is 272 g/mol. The van der Waals surface area contributed by atoms with Crippen molar-refractivity contribution in [1.82, 2.24) is 10.3 Å². The zero-order chi connectivity index (χ0) is 13.9. The second-order valence-corrected chi connectivity index (χ2v) is 5.23. The molecule has 1 atom stereocenters. The number of hydrogen-bond donors (Lipinski definition) is 1. The predicted octanol–water partition coefficient (Wildman–Crippen LogP) is 3.85. The van der Waals surface area contributed by atoms with E-state index in [1.807, 2.05) is 25.1 Å². The van der Waals surface area contributed by atoms with Crippen molar-refractivity contribution in [3.63, 3.8) is 0 Å². The van der Waals surface area contributed by atoms with Gasteiger partial charge in [0.15, 0.2) is 0 Å². The van der Waals surface area contributed by atoms with Crippen molar-refractivity contribution in [2.75, 3.05) is 0 Å². The fourth-order valence-corrected chi connectivity index (χ4v) is 2.66. The number of hydrogen-bond acceptors (Lipinski definition) is 2. The average Bonchev–Trinajstić information content (AvgIpc) is 2.39. The standard InChI is InChI=1S/C14H19F3N2/c1-10(13-4-2-3-9-18-13)19-12-7-5-11(6-8-12)14(15,16)17/h2-4,9-12,19H,5-8H2,1H3. The molecule has 106 valence electrons. The SMILES string of the molecule is CC(NC1CCC(C(F)(F)F)CC1)c1ccccn1. The summed E-state index contributed by atoms with van der Waals surface area (Å²) in [6, 6.07) is 5.94. The van der Waals surface area contributed by atoms with Gasteiger partial charge in [-0.1, -0.05) is 6.07 Å². The van der Waals surface area contributed by atoms with E-state index in [0.29, 0.717) is 12.8 Å². The molecule has 0 spiro atoms. The number of halogens is 3. The second kappa shape index (κ2) is 5.90. The third-order valence-corrected chi connectivity index (χ3v) is 3.81. The minimum absolute atomic E-state index is 0.0774. The van der Waals surface area contributed by atoms with Crippen LogP contribution in [0, 0.1) is 5.92 Å². The van der Waals surface area contributed by atoms with Crippen molar-refractivity contribution in [2.45, 2.75) is 50.9 Å². The van der Waals surface area contributed by atoms with Gasteiger partial charge in [-0.15, -0.1) is 0 Å². The summed E-state index contributed by atoms with van der Waals surface area (Å²) in [6.07, 6.45) is -0.666. The largest absolute Gasteiger partial charge is 0.391 e. The Hall–Kier alpha value is -1.10. The molecule has 0 aliphatic heterocycles. The molecule has 0 amide bonds. The summed E-state index contributed by atoms with van der Waals surface area (Å²) in [5.41, 5.74) is 0.931. The molecule has 1 unspecified atom stereocenters. The number of pyridine rings is 1. The van der Waals surface area contributed by atoms with Crippen LogP contribution in [0.4, 0.5) is 13.2 Å². The molecule has 1 aromatic rings. The molecule has 5 heteroatoms. The zero-order valence-corrected chi connectivity index (χ0v) is 11.0. The van der Waals surface area contributed by atoms with Crippen LogP contribution in [0.15, 0.2) is 24.4 Å². The van der Waals surface area contributed by atoms with Crippen molar-refractivity contribution < 1.29 is 13.2 Å². The Morgan fingerprint density at radius 1 is 1.21 bits per heavy atom. The molecule has 0 bridgehead atoms. The summed E-state index contributed by atoms with van der Waals surface area (Å²) in [7, 11) is 0. The maximum absolute atomic E-state index is 12.6. The highest BCUT2D eigenvalue weighted by Gasteiger charge is 2.41. The van der Waals surface area contributed by atoms with Crippen LogP contribution in [0.3, 0.4) is 0 Å². The summed E-state index contributed by atoms with van der Waals surface area (Å²) < 4.78 is 37.7. The third-order valence-electron chi connectivity index (χ3n) is 3.81. The molecule has 1 aliphatic carbocycles. The fourth-order valence-electron chi connectivity index (χ4n) is 2.66. The number of aromatic nitrogens is 1. The first-order valence-electron chi connectivity index (χ1n) is 6.70. The predicted molar refractivity (Wildman–Crippen MR) is 67.6 cm³/mol. The second-order valence-electron chi connectivity index (χ2n) is 5.23. The molecule has 2 nitrogen and oxygen atoms in total. The molecule has 0 radical (unpaired) electrons. The van der Waals surface area contributed by atoms with Crippen LogP contribution >= 0.6 is 0 Å². The van der Waals surface area contributed by atoms with Gasteiger partial charge in [-0.25, -0.2) is 0 Å². The van der Waals surface area contributed by atoms with Crippen LogP contribution in [0.2, 0.25) is 0 Å². The summed E-state index contributed by atoms with van der Waals surface area (Å²) in [5.74, 6) is -1.12. The van der Waals surface area contributed by atoms with Crippen LogP contribution < -0.4 is 5.32 Å². The molecule has 2 rings (SSSR count). The number of nitrogens with one attached hydrogen (secondary N) is 1. The summed E-state index contributed by atoms with van der Waals surface area (Å²) in [5, 5.41) is 3.38. The van der Waals surface area contributed by atoms with Crippen LogP contribution in [0.25, 0.3) is 0 Å². The topological polar surface area (TPSA) is 24.9 Å². The van der Waals surface area contributed by atoms with Crippen molar-refractivity contribution in [1.29, 1.82) is 0 Å². The van der Waals surface area contributed by atoms with Gasteiger partial charge in [0.25, 0.3) is 0 Å². The average molecular weight is 272 g/mol. The number of rotatable bonds is 3. The summed E-state index contributed by atoms with van der Waals surface area (Å²) in [6.45, 7) is 2.00. The van der Waals surface area contributed by atoms with Crippen molar-refractivity contribution in [2.24, 2.45) is 5.92 Å². The van der Waals surface area contributed by atoms with Gasteiger partial charge in [-0.3, -0.25) is 4.98 Å². The van der Waals surface area contributed by atoms with Crippen molar-refractivity contribution in [3.05, 3.63) is 30.1 Å². The minimum atomic E-state index is -4.03. The maximum atomic E-state index is 12.6. The lowest BCUT2D eigenvalue weighted by atomic mass is 9.85. The molecule has 1 aliphatic rings. The van der Waals surface area contributed by atoms with E-state index < -0.39 is 12.1 Å². The normalized spacial score (nSPS) is 26.1. The lowest BCUT2D eigenvalue weighted by Gasteiger charge is -2.32. The van der Waals surface area contributed by atoms with Crippen LogP contribution in [-0.4, -0.2) is 17.2 Å². The van der Waals surface area contributed by atoms with Gasteiger partial charge >= 0.3 is 6.18 Å². The van der Waals surface area contributed by atoms with Crippen LogP contribution in [0.5, 0.6) is 0 Å². The third kappa shape index (κ3) is 3.93. The van der Waals surface area contributed by atoms with Crippen molar-refractivity contribution >= 4 is 0 Å². The summed E-state index contributed by atoms with van der Waals surface area (Å²) in [4.78, 5) is 4.26. The first kappa shape index (κ1) is 14.3. The van der Waals surface area contributed by atoms with E-state index in [0.717, 1.165) is 5.69 Å². The van der Waals surface area contributed by atoms with Crippen LogP contribution in [0.1, 0.15) is 44.3 Å². The molecule has 1 N–H and O–H groups in total. The molecule has 1 saturated carbocycles. The smallest absolute Gasteiger partial charge is 0.306 e. The maximum Gasteiger partial charge on any atom is 0.391 e. The van der Waals surface area contributed by atoms with Gasteiger partial charge in [0.05, 0.1) is 11.6 Å². The lowest BCUT2D eigenvalue weighted by molar-refractivity contribution is -0.182. The fraction of sp³-hybridized carbons (Fsp3) is 0.643. The molecule has 19 heavy (non-hydrogen) atoms. The van der Waals surface area contributed by atoms with Gasteiger partial charge in [0, 0.05) is 18.3 Å². The first-order valence-corrected chi connectivity index (χ1v) is 6.70. The molecule has 0 aromatic carbocycles. The minimum Gasteiger partial charge on any atom is -0.306 e. The molecular weight excluding hydrogens is 253 g/mol. The van der Waals surface area contributed by atoms with E-state index in [4.69, 9.17) is 0 Å². The number of nitrogens with zero attached hydrogens (tertiary/aromatic N) is 1. The molecule has 1 aromatic heterocycles. The summed E-state index contributed by atoms with van der Waals surface area (Å²) >= 11 is 0. The van der Waals surface area contributed by atoms with E-state index in [9.17, 15) is 13.2 Å². The Kier molecular flexibility index (Phi) is 4.45. The molecule has 1 fully saturated rings. The Balaban J connectivity index is 1.83. The van der Waals surface area contributed by atoms with Gasteiger partial charge in [-0.2, -0.15) is 13.2 Å². The van der Waals surface area contributed by atoms with Gasteiger partial charge in [0.2, 0.25) is 0 Å². The highest BCUT2D eigenvalue weighted by Crippen LogP contribution is 2.37. The van der Waals surface area contributed by atoms with Crippen molar-refractivity contribution in [3.8, 4) is 0 Å². The van der Waals surface area contributed by atoms with E-state index >= 15 is 0 Å². The van der Waals surface area contributed by atoms with E-state index in [-0.39, 0.29) is 24.9 Å². The molecular formula is C14H19F3N2. The zero-order valence-electron chi connectivity index (χ0n) is 11.0. The lowest BCUT2D eigenvalue weighted by Crippen LogP contribution is -2.38. The highest BCUT2D eigenvalue weighted by atomic mass is 19.4. The van der Waals surface area contributed by atoms with Gasteiger partial charge < -0.3 is 5.32 Å². The molecule has 0 saturated heterocycles. The van der Waals surface area contributed by atoms with E-state index in [2.05, 4.69) is 10.3 Å². The number of alkyl halides is 3. The molecule has 1 heterocycles. The quantitative estimate of drug-likeness (QED) is 0.904. The van der Waals surface area contributed by atoms with Crippen LogP contribution in [-0.2, 0) is 0 Å². The van der Waals surface area contributed by atoms with Gasteiger partial charge in [0.1, 0.15) is 0 Å². The Bertz CT molecular complexity index is 383. The first-order chi connectivity index (χ1) is 8.97.